The lowest BCUT2D eigenvalue weighted by molar-refractivity contribution is 0.558. The fourth-order valence-electron chi connectivity index (χ4n) is 1.44. The molecule has 1 heterocycles. The number of rotatable bonds is 7. The molecule has 18 heavy (non-hydrogen) atoms. The van der Waals surface area contributed by atoms with E-state index in [0.717, 1.165) is 12.2 Å². The second kappa shape index (κ2) is 6.96. The molecule has 2 N–H and O–H groups in total. The molecule has 1 aromatic heterocycles. The van der Waals surface area contributed by atoms with Crippen LogP contribution >= 0.6 is 11.8 Å². The molecule has 0 aliphatic carbocycles. The molecule has 7 heteroatoms. The predicted octanol–water partition coefficient (Wildman–Crippen LogP) is 1.54. The van der Waals surface area contributed by atoms with Gasteiger partial charge >= 0.3 is 0 Å². The summed E-state index contributed by atoms with van der Waals surface area (Å²) in [6.45, 7) is 1.97. The minimum Gasteiger partial charge on any atom is -0.373 e. The van der Waals surface area contributed by atoms with Crippen LogP contribution in [0.1, 0.15) is 13.3 Å². The summed E-state index contributed by atoms with van der Waals surface area (Å²) < 4.78 is 27.0. The molecule has 0 bridgehead atoms. The molecule has 1 aromatic rings. The zero-order chi connectivity index (χ0) is 13.6. The standard InChI is InChI=1S/C11H19N3O2S2/c1-4-9(8-17-3)14-18(15,16)10-5-6-13-11(7-10)12-2/h5-7,9,14H,4,8H2,1-3H3,(H,12,13). The van der Waals surface area contributed by atoms with Gasteiger partial charge in [-0.15, -0.1) is 0 Å². The molecule has 0 aromatic carbocycles. The highest BCUT2D eigenvalue weighted by Crippen LogP contribution is 2.14. The van der Waals surface area contributed by atoms with Crippen LogP contribution in [0.4, 0.5) is 5.82 Å². The van der Waals surface area contributed by atoms with Crippen LogP contribution in [0.15, 0.2) is 23.2 Å². The van der Waals surface area contributed by atoms with Gasteiger partial charge < -0.3 is 5.32 Å². The van der Waals surface area contributed by atoms with Gasteiger partial charge in [0.1, 0.15) is 5.82 Å². The number of pyridine rings is 1. The molecule has 1 unspecified atom stereocenters. The summed E-state index contributed by atoms with van der Waals surface area (Å²) in [5.74, 6) is 1.30. The number of nitrogens with zero attached hydrogens (tertiary/aromatic N) is 1. The highest BCUT2D eigenvalue weighted by molar-refractivity contribution is 7.98. The van der Waals surface area contributed by atoms with Gasteiger partial charge in [-0.05, 0) is 18.7 Å². The second-order valence-corrected chi connectivity index (χ2v) is 6.43. The Labute approximate surface area is 113 Å². The van der Waals surface area contributed by atoms with E-state index in [1.54, 1.807) is 18.8 Å². The minimum absolute atomic E-state index is 0.0452. The molecule has 0 radical (unpaired) electrons. The van der Waals surface area contributed by atoms with E-state index in [4.69, 9.17) is 0 Å². The molecular formula is C11H19N3O2S2. The Kier molecular flexibility index (Phi) is 5.90. The van der Waals surface area contributed by atoms with Crippen LogP contribution in [-0.2, 0) is 10.0 Å². The SMILES string of the molecule is CCC(CSC)NS(=O)(=O)c1ccnc(NC)c1. The van der Waals surface area contributed by atoms with Gasteiger partial charge in [0.15, 0.2) is 0 Å². The summed E-state index contributed by atoms with van der Waals surface area (Å²) in [5, 5.41) is 2.82. The molecule has 0 saturated heterocycles. The smallest absolute Gasteiger partial charge is 0.241 e. The van der Waals surface area contributed by atoms with Gasteiger partial charge in [-0.2, -0.15) is 11.8 Å². The third kappa shape index (κ3) is 4.15. The largest absolute Gasteiger partial charge is 0.373 e. The number of anilines is 1. The monoisotopic (exact) mass is 289 g/mol. The van der Waals surface area contributed by atoms with Crippen molar-refractivity contribution in [2.45, 2.75) is 24.3 Å². The number of nitrogens with one attached hydrogen (secondary N) is 2. The lowest BCUT2D eigenvalue weighted by Crippen LogP contribution is -2.36. The van der Waals surface area contributed by atoms with Crippen molar-refractivity contribution in [1.29, 1.82) is 0 Å². The average Bonchev–Trinajstić information content (AvgIpc) is 2.38. The molecule has 0 aliphatic rings. The summed E-state index contributed by atoms with van der Waals surface area (Å²) >= 11 is 1.63. The van der Waals surface area contributed by atoms with Crippen LogP contribution in [0.25, 0.3) is 0 Å². The van der Waals surface area contributed by atoms with Gasteiger partial charge in [-0.3, -0.25) is 0 Å². The first-order valence-corrected chi connectivity index (χ1v) is 8.56. The van der Waals surface area contributed by atoms with E-state index in [9.17, 15) is 8.42 Å². The maximum absolute atomic E-state index is 12.2. The summed E-state index contributed by atoms with van der Waals surface area (Å²) in [6, 6.07) is 2.97. The first kappa shape index (κ1) is 15.3. The lowest BCUT2D eigenvalue weighted by atomic mass is 10.3. The molecule has 1 atom stereocenters. The molecule has 0 spiro atoms. The fraction of sp³-hybridized carbons (Fsp3) is 0.545. The van der Waals surface area contributed by atoms with Crippen LogP contribution in [0, 0.1) is 0 Å². The fourth-order valence-corrected chi connectivity index (χ4v) is 3.60. The molecular weight excluding hydrogens is 270 g/mol. The molecule has 0 fully saturated rings. The van der Waals surface area contributed by atoms with Crippen molar-refractivity contribution in [3.05, 3.63) is 18.3 Å². The number of aromatic nitrogens is 1. The first-order chi connectivity index (χ1) is 8.53. The Hall–Kier alpha value is -0.790. The van der Waals surface area contributed by atoms with Crippen molar-refractivity contribution in [1.82, 2.24) is 9.71 Å². The van der Waals surface area contributed by atoms with E-state index in [1.165, 1.54) is 18.3 Å². The molecule has 102 valence electrons. The Balaban J connectivity index is 2.91. The van der Waals surface area contributed by atoms with E-state index in [2.05, 4.69) is 15.0 Å². The van der Waals surface area contributed by atoms with Crippen molar-refractivity contribution in [2.75, 3.05) is 24.4 Å². The molecule has 0 aliphatic heterocycles. The lowest BCUT2D eigenvalue weighted by Gasteiger charge is -2.16. The van der Waals surface area contributed by atoms with Crippen molar-refractivity contribution in [3.63, 3.8) is 0 Å². The Morgan fingerprint density at radius 3 is 2.78 bits per heavy atom. The van der Waals surface area contributed by atoms with Crippen LogP contribution in [0.3, 0.4) is 0 Å². The van der Waals surface area contributed by atoms with Gasteiger partial charge in [-0.25, -0.2) is 18.1 Å². The summed E-state index contributed by atoms with van der Waals surface area (Å²) in [4.78, 5) is 4.24. The van der Waals surface area contributed by atoms with E-state index >= 15 is 0 Å². The Morgan fingerprint density at radius 2 is 2.22 bits per heavy atom. The highest BCUT2D eigenvalue weighted by Gasteiger charge is 2.19. The van der Waals surface area contributed by atoms with Gasteiger partial charge in [0.05, 0.1) is 4.90 Å². The van der Waals surface area contributed by atoms with E-state index in [0.29, 0.717) is 5.82 Å². The minimum atomic E-state index is -3.47. The van der Waals surface area contributed by atoms with Crippen molar-refractivity contribution >= 4 is 27.6 Å². The van der Waals surface area contributed by atoms with Crippen LogP contribution < -0.4 is 10.0 Å². The van der Waals surface area contributed by atoms with Gasteiger partial charge in [0.25, 0.3) is 0 Å². The van der Waals surface area contributed by atoms with Crippen LogP contribution in [0.2, 0.25) is 0 Å². The predicted molar refractivity (Wildman–Crippen MR) is 76.6 cm³/mol. The molecule has 5 nitrogen and oxygen atoms in total. The van der Waals surface area contributed by atoms with Crippen LogP contribution in [0.5, 0.6) is 0 Å². The third-order valence-corrected chi connectivity index (χ3v) is 4.73. The van der Waals surface area contributed by atoms with Gasteiger partial charge in [0, 0.05) is 31.1 Å². The van der Waals surface area contributed by atoms with Gasteiger partial charge in [-0.1, -0.05) is 6.92 Å². The zero-order valence-corrected chi connectivity index (χ0v) is 12.4. The number of hydrogen-bond acceptors (Lipinski definition) is 5. The van der Waals surface area contributed by atoms with E-state index in [-0.39, 0.29) is 10.9 Å². The number of thioether (sulfide) groups is 1. The first-order valence-electron chi connectivity index (χ1n) is 5.68. The topological polar surface area (TPSA) is 71.1 Å². The van der Waals surface area contributed by atoms with E-state index < -0.39 is 10.0 Å². The zero-order valence-electron chi connectivity index (χ0n) is 10.8. The average molecular weight is 289 g/mol. The Morgan fingerprint density at radius 1 is 1.50 bits per heavy atom. The van der Waals surface area contributed by atoms with Gasteiger partial charge in [0.2, 0.25) is 10.0 Å². The maximum atomic E-state index is 12.2. The van der Waals surface area contributed by atoms with Crippen LogP contribution in [-0.4, -0.2) is 38.5 Å². The molecule has 0 saturated carbocycles. The Bertz CT molecular complexity index is 477. The van der Waals surface area contributed by atoms with Crippen molar-refractivity contribution < 1.29 is 8.42 Å². The summed E-state index contributed by atoms with van der Waals surface area (Å²) in [5.41, 5.74) is 0. The highest BCUT2D eigenvalue weighted by atomic mass is 32.2. The van der Waals surface area contributed by atoms with E-state index in [1.807, 2.05) is 13.2 Å². The molecule has 1 rings (SSSR count). The maximum Gasteiger partial charge on any atom is 0.241 e. The normalized spacial score (nSPS) is 13.3. The summed E-state index contributed by atoms with van der Waals surface area (Å²) in [7, 11) is -1.77. The quantitative estimate of drug-likeness (QED) is 0.797. The second-order valence-electron chi connectivity index (χ2n) is 3.81. The van der Waals surface area contributed by atoms with Crippen molar-refractivity contribution in [2.24, 2.45) is 0 Å². The number of sulfonamides is 1. The number of hydrogen-bond donors (Lipinski definition) is 2. The third-order valence-electron chi connectivity index (χ3n) is 2.48. The van der Waals surface area contributed by atoms with Crippen molar-refractivity contribution in [3.8, 4) is 0 Å². The molecule has 0 amide bonds. The summed E-state index contributed by atoms with van der Waals surface area (Å²) in [6.07, 6.45) is 4.21.